The van der Waals surface area contributed by atoms with Gasteiger partial charge in [0.2, 0.25) is 6.33 Å². The maximum absolute atomic E-state index is 11.8. The van der Waals surface area contributed by atoms with Crippen molar-refractivity contribution in [3.63, 3.8) is 0 Å². The molecule has 0 aliphatic carbocycles. The van der Waals surface area contributed by atoms with Gasteiger partial charge in [-0.2, -0.15) is 0 Å². The zero-order valence-electron chi connectivity index (χ0n) is 49.2. The number of aromatic nitrogens is 2. The minimum atomic E-state index is -2.25. The van der Waals surface area contributed by atoms with E-state index in [0.717, 1.165) is 0 Å². The van der Waals surface area contributed by atoms with Crippen molar-refractivity contribution in [3.05, 3.63) is 18.7 Å². The van der Waals surface area contributed by atoms with E-state index in [4.69, 9.17) is 75.8 Å². The van der Waals surface area contributed by atoms with Gasteiger partial charge in [-0.05, 0) is 0 Å². The first-order chi connectivity index (χ1) is 44.3. The van der Waals surface area contributed by atoms with Gasteiger partial charge in [0, 0.05) is 0 Å². The molecule has 16 bridgehead atoms. The topological polar surface area (TPSA) is 622 Å². The smallest absolute Gasteiger partial charge is 0.243 e. The number of aliphatic hydroxyl groups excluding tert-OH is 23. The lowest BCUT2D eigenvalue weighted by Crippen LogP contribution is -2.69. The summed E-state index contributed by atoms with van der Waals surface area (Å²) in [6.45, 7) is -7.74. The van der Waals surface area contributed by atoms with Crippen LogP contribution in [0.3, 0.4) is 0 Å². The van der Waals surface area contributed by atoms with Gasteiger partial charge >= 0.3 is 0 Å². The normalized spacial score (nSPS) is 53.0. The molecule has 1 aromatic rings. The van der Waals surface area contributed by atoms with E-state index in [0.29, 0.717) is 0 Å². The molecule has 31 heterocycles. The van der Waals surface area contributed by atoms with Crippen molar-refractivity contribution in [1.82, 2.24) is 4.57 Å². The Kier molecular flexibility index (Phi) is 24.5. The molecule has 41 nitrogen and oxygen atoms in total. The summed E-state index contributed by atoms with van der Waals surface area (Å²) in [5, 5.41) is 258. The zero-order valence-corrected chi connectivity index (χ0v) is 49.2. The second-order valence-electron chi connectivity index (χ2n) is 24.1. The van der Waals surface area contributed by atoms with Crippen molar-refractivity contribution in [2.75, 3.05) is 46.2 Å². The highest BCUT2D eigenvalue weighted by Crippen LogP contribution is 2.40. The van der Waals surface area contributed by atoms with Crippen LogP contribution in [-0.2, 0) is 89.4 Å². The van der Waals surface area contributed by atoms with Gasteiger partial charge in [-0.25, -0.2) is 9.13 Å². The molecule has 41 heteroatoms. The van der Waals surface area contributed by atoms with E-state index in [9.17, 15) is 117 Å². The molecule has 0 amide bonds. The molecule has 30 aliphatic heterocycles. The Balaban J connectivity index is 0.927. The molecule has 0 spiro atoms. The molecule has 30 fully saturated rings. The zero-order chi connectivity index (χ0) is 67.3. The van der Waals surface area contributed by atoms with Crippen LogP contribution in [-0.4, -0.2) is 414 Å². The average molecular weight is 1360 g/mol. The molecular weight excluding hydrogens is 1280 g/mol. The predicted octanol–water partition coefficient (Wildman–Crippen LogP) is -17.1. The number of hydrogen-bond donors (Lipinski definition) is 23. The number of aliphatic hydroxyl groups is 23. The van der Waals surface area contributed by atoms with Gasteiger partial charge in [0.15, 0.2) is 50.3 Å². The van der Waals surface area contributed by atoms with Crippen molar-refractivity contribution in [3.8, 4) is 0 Å². The Morgan fingerprint density at radius 3 is 0.559 bits per heavy atom. The summed E-state index contributed by atoms with van der Waals surface area (Å²) in [6.07, 6.45) is -76.2. The summed E-state index contributed by atoms with van der Waals surface area (Å²) in [4.78, 5) is 0. The van der Waals surface area contributed by atoms with Crippen LogP contribution in [0.1, 0.15) is 0 Å². The number of nitrogens with zero attached hydrogens (tertiary/aromatic N) is 2. The Bertz CT molecular complexity index is 2470. The summed E-state index contributed by atoms with van der Waals surface area (Å²) in [5.41, 5.74) is 0. The predicted molar refractivity (Wildman–Crippen MR) is 280 cm³/mol. The quantitative estimate of drug-likeness (QED) is 0.102. The molecule has 0 aromatic carbocycles. The van der Waals surface area contributed by atoms with Crippen LogP contribution in [0.15, 0.2) is 18.7 Å². The molecule has 0 unspecified atom stereocenters. The summed E-state index contributed by atoms with van der Waals surface area (Å²) < 4.78 is 96.0. The van der Waals surface area contributed by atoms with Gasteiger partial charge in [-0.1, -0.05) is 0 Å². The highest BCUT2D eigenvalue weighted by molar-refractivity contribution is 5.03. The van der Waals surface area contributed by atoms with Gasteiger partial charge in [0.25, 0.3) is 0 Å². The van der Waals surface area contributed by atoms with Crippen LogP contribution >= 0.6 is 0 Å². The largest absolute Gasteiger partial charge is 0.394 e. The molecule has 536 valence electrons. The lowest BCUT2D eigenvalue weighted by atomic mass is 9.94. The molecule has 0 saturated carbocycles. The summed E-state index contributed by atoms with van der Waals surface area (Å²) >= 11 is 0. The Morgan fingerprint density at radius 2 is 0.409 bits per heavy atom. The number of ether oxygens (including phenoxy) is 16. The van der Waals surface area contributed by atoms with Crippen LogP contribution in [0.2, 0.25) is 0 Å². The lowest BCUT2D eigenvalue weighted by Gasteiger charge is -2.50. The van der Waals surface area contributed by atoms with E-state index < -0.39 is 292 Å². The fourth-order valence-electron chi connectivity index (χ4n) is 12.7. The van der Waals surface area contributed by atoms with Crippen LogP contribution < -0.4 is 4.57 Å². The molecule has 30 aliphatic rings. The number of hydrogen-bond acceptors (Lipinski definition) is 39. The number of rotatable bonds is 9. The maximum Gasteiger partial charge on any atom is 0.243 e. The van der Waals surface area contributed by atoms with Crippen LogP contribution in [0.5, 0.6) is 0 Å². The summed E-state index contributed by atoms with van der Waals surface area (Å²) in [7, 11) is 1.65. The third kappa shape index (κ3) is 14.7. The first-order valence-corrected chi connectivity index (χ1v) is 29.9. The average Bonchev–Trinajstić information content (AvgIpc) is 0.861. The van der Waals surface area contributed by atoms with Crippen LogP contribution in [0.4, 0.5) is 0 Å². The minimum Gasteiger partial charge on any atom is -0.394 e. The second kappa shape index (κ2) is 31.0. The van der Waals surface area contributed by atoms with Crippen LogP contribution in [0, 0.1) is 0 Å². The van der Waals surface area contributed by atoms with Crippen molar-refractivity contribution in [1.29, 1.82) is 0 Å². The Labute approximate surface area is 525 Å². The first-order valence-electron chi connectivity index (χ1n) is 29.9. The molecule has 31 rings (SSSR count). The molecule has 1 aromatic heterocycles. The molecule has 40 atom stereocenters. The fraction of sp³-hybridized carbons (Fsp3) is 0.942. The summed E-state index contributed by atoms with van der Waals surface area (Å²) in [6, 6.07) is 0. The number of aryl methyl sites for hydroxylation is 1. The maximum atomic E-state index is 11.8. The van der Waals surface area contributed by atoms with Crippen molar-refractivity contribution in [2.45, 2.75) is 252 Å². The highest BCUT2D eigenvalue weighted by Gasteiger charge is 2.60. The van der Waals surface area contributed by atoms with Gasteiger partial charge in [-0.3, -0.25) is 0 Å². The van der Waals surface area contributed by atoms with Crippen LogP contribution in [0.25, 0.3) is 0 Å². The van der Waals surface area contributed by atoms with Crippen molar-refractivity contribution < 1.29 is 198 Å². The molecular formula is C52H85N2O39+. The SMILES string of the molecule is C[n+]1ccn(C[C@H]2O[C@@H]3O[C@H]4[C@H](O)[C@@H](O)[C@@H](O[C@H]5[C@H](O)[C@@H](O)[C@@H](O[C@H]6[C@H](O)[C@@H](O)[C@@H](O[C@H]7[C@H](O)[C@@H](O)[C@@H](O[C@H]8[C@H](O)[C@@H](O)[C@@H](O[C@H]9[C@H](O)[C@@H](O)[C@@H](O[C@H]%10[C@H](O)[C@@H](O)[C@@H](O[C@H]2[C@H](O)[C@H]3O)O[C@@H]%10CO)O[C@@H]9CO)O[C@@H]8CO)O[C@@H]7CO)O[C@@H]6CO)O[C@@H]5CO)O[C@@H]4CO)c1. The highest BCUT2D eigenvalue weighted by atomic mass is 16.8. The Hall–Kier alpha value is -2.35. The lowest BCUT2D eigenvalue weighted by molar-refractivity contribution is -0.671. The van der Waals surface area contributed by atoms with E-state index in [1.807, 2.05) is 0 Å². The third-order valence-corrected chi connectivity index (χ3v) is 17.9. The minimum absolute atomic E-state index is 0.274. The monoisotopic (exact) mass is 1360 g/mol. The first kappa shape index (κ1) is 73.4. The van der Waals surface area contributed by atoms with Gasteiger partial charge in [-0.15, -0.1) is 0 Å². The summed E-state index contributed by atoms with van der Waals surface area (Å²) in [5.74, 6) is 0. The molecule has 30 saturated heterocycles. The van der Waals surface area contributed by atoms with Crippen molar-refractivity contribution >= 4 is 0 Å². The molecule has 0 radical (unpaired) electrons. The Morgan fingerprint density at radius 1 is 0.247 bits per heavy atom. The van der Waals surface area contributed by atoms with E-state index >= 15 is 0 Å². The van der Waals surface area contributed by atoms with E-state index in [1.54, 1.807) is 30.3 Å². The van der Waals surface area contributed by atoms with E-state index in [1.165, 1.54) is 4.57 Å². The molecule has 23 N–H and O–H groups in total. The van der Waals surface area contributed by atoms with E-state index in [-0.39, 0.29) is 6.54 Å². The van der Waals surface area contributed by atoms with E-state index in [2.05, 4.69) is 0 Å². The second-order valence-corrected chi connectivity index (χ2v) is 24.1. The third-order valence-electron chi connectivity index (χ3n) is 17.9. The molecule has 93 heavy (non-hydrogen) atoms. The standard InChI is InChI=1S/C52H85N2O39/c1-53-2-3-54(12-53)4-13-37-21(62)29(70)45(78-13)87-38-14(5-55)80-47(31(72)23(38)64)89-40-16(7-57)82-49(33(74)25(40)66)91-42-18(9-59)84-51(35(76)27(42)68)93-44-20(11-61)85-52(36(77)28(44)69)92-43-19(10-60)83-50(34(75)26(43)67)90-41-17(8-58)81-48(32(73)24(41)65)88-39-15(6-56)79-46(86-37)30(71)22(39)63/h2-3,12-52,55-77H,4-11H2,1H3/q+1/t13-,14-,15-,16-,17-,18-,19-,20-,21-,22-,23-,24-,25-,26-,27-,28-,29-,30-,31-,32-,33-,34-,35-,36-,37-,38-,39-,40-,41-,42-,43-,44-,45-,46-,47-,48-,49-,50-,51-,52-/m1/s1. The van der Waals surface area contributed by atoms with Gasteiger partial charge in [0.1, 0.15) is 214 Å². The van der Waals surface area contributed by atoms with Gasteiger partial charge in [0.05, 0.1) is 53.3 Å². The van der Waals surface area contributed by atoms with Gasteiger partial charge < -0.3 is 193 Å². The van der Waals surface area contributed by atoms with Crippen molar-refractivity contribution in [2.24, 2.45) is 7.05 Å². The number of imidazole rings is 1. The fourth-order valence-corrected chi connectivity index (χ4v) is 12.7.